The number of likely N-dealkylation sites (tertiary alicyclic amines) is 1. The summed E-state index contributed by atoms with van der Waals surface area (Å²) >= 11 is 0. The molecule has 0 bridgehead atoms. The molecule has 0 N–H and O–H groups in total. The zero-order valence-electron chi connectivity index (χ0n) is 17.4. The van der Waals surface area contributed by atoms with Crippen molar-refractivity contribution in [2.24, 2.45) is 0 Å². The van der Waals surface area contributed by atoms with Gasteiger partial charge in [-0.3, -0.25) is 14.5 Å². The Morgan fingerprint density at radius 1 is 1.00 bits per heavy atom. The molecular weight excluding hydrogens is 381 g/mol. The van der Waals surface area contributed by atoms with Crippen molar-refractivity contribution in [1.29, 1.82) is 0 Å². The molecule has 5 nitrogen and oxygen atoms in total. The van der Waals surface area contributed by atoms with E-state index in [2.05, 4.69) is 4.90 Å². The maximum absolute atomic E-state index is 13.1. The van der Waals surface area contributed by atoms with Crippen LogP contribution < -0.4 is 0 Å². The Balaban J connectivity index is 1.36. The van der Waals surface area contributed by atoms with Crippen LogP contribution >= 0.6 is 0 Å². The van der Waals surface area contributed by atoms with Gasteiger partial charge >= 0.3 is 0 Å². The Labute approximate surface area is 177 Å². The molecule has 0 saturated carbocycles. The highest BCUT2D eigenvalue weighted by Gasteiger charge is 2.36. The first-order valence-electron chi connectivity index (χ1n) is 10.6. The number of halogens is 1. The van der Waals surface area contributed by atoms with Crippen molar-refractivity contribution in [3.63, 3.8) is 0 Å². The Morgan fingerprint density at radius 2 is 1.77 bits per heavy atom. The maximum Gasteiger partial charge on any atom is 0.254 e. The third-order valence-electron chi connectivity index (χ3n) is 6.19. The molecule has 0 spiro atoms. The standard InChI is InChI=1S/C24H28FN3O2/c1-18-5-2-3-6-21(18)23(29)27-13-4-12-26(15-16-27)22-11-14-28(24(22)30)17-19-7-9-20(25)10-8-19/h2-3,5-10,22H,4,11-17H2,1H3/t22-/m0/s1. The molecule has 0 aliphatic carbocycles. The van der Waals surface area contributed by atoms with Crippen LogP contribution in [0, 0.1) is 12.7 Å². The van der Waals surface area contributed by atoms with Gasteiger partial charge in [-0.15, -0.1) is 0 Å². The molecule has 2 aliphatic rings. The fraction of sp³-hybridized carbons (Fsp3) is 0.417. The number of nitrogens with zero attached hydrogens (tertiary/aromatic N) is 3. The fourth-order valence-corrected chi connectivity index (χ4v) is 4.46. The minimum atomic E-state index is -0.265. The van der Waals surface area contributed by atoms with Crippen LogP contribution in [0.3, 0.4) is 0 Å². The summed E-state index contributed by atoms with van der Waals surface area (Å²) in [5, 5.41) is 0. The monoisotopic (exact) mass is 409 g/mol. The summed E-state index contributed by atoms with van der Waals surface area (Å²) in [4.78, 5) is 32.0. The van der Waals surface area contributed by atoms with Gasteiger partial charge in [-0.05, 0) is 49.1 Å². The lowest BCUT2D eigenvalue weighted by Crippen LogP contribution is -2.44. The zero-order chi connectivity index (χ0) is 21.1. The van der Waals surface area contributed by atoms with Crippen LogP contribution in [0.2, 0.25) is 0 Å². The van der Waals surface area contributed by atoms with Gasteiger partial charge in [0, 0.05) is 44.8 Å². The van der Waals surface area contributed by atoms with Crippen LogP contribution in [0.25, 0.3) is 0 Å². The molecule has 4 rings (SSSR count). The lowest BCUT2D eigenvalue weighted by Gasteiger charge is -2.27. The summed E-state index contributed by atoms with van der Waals surface area (Å²) in [5.74, 6) is -0.0534. The number of carbonyl (C=O) groups excluding carboxylic acids is 2. The molecule has 1 atom stereocenters. The van der Waals surface area contributed by atoms with E-state index in [0.29, 0.717) is 32.7 Å². The molecule has 30 heavy (non-hydrogen) atoms. The minimum absolute atomic E-state index is 0.0747. The Morgan fingerprint density at radius 3 is 2.53 bits per heavy atom. The van der Waals surface area contributed by atoms with E-state index in [1.807, 2.05) is 41.0 Å². The van der Waals surface area contributed by atoms with Crippen molar-refractivity contribution < 1.29 is 14.0 Å². The quantitative estimate of drug-likeness (QED) is 0.780. The van der Waals surface area contributed by atoms with E-state index in [0.717, 1.165) is 36.1 Å². The molecule has 6 heteroatoms. The molecule has 0 aromatic heterocycles. The number of carbonyl (C=O) groups is 2. The Bertz CT molecular complexity index is 915. The van der Waals surface area contributed by atoms with Crippen LogP contribution in [0.4, 0.5) is 4.39 Å². The largest absolute Gasteiger partial charge is 0.337 e. The fourth-order valence-electron chi connectivity index (χ4n) is 4.46. The Hall–Kier alpha value is -2.73. The van der Waals surface area contributed by atoms with E-state index >= 15 is 0 Å². The first kappa shape index (κ1) is 20.5. The third kappa shape index (κ3) is 4.38. The SMILES string of the molecule is Cc1ccccc1C(=O)N1CCCN([C@H]2CCN(Cc3ccc(F)cc3)C2=O)CC1. The number of hydrogen-bond donors (Lipinski definition) is 0. The van der Waals surface area contributed by atoms with Crippen molar-refractivity contribution in [1.82, 2.24) is 14.7 Å². The molecule has 2 saturated heterocycles. The third-order valence-corrected chi connectivity index (χ3v) is 6.19. The van der Waals surface area contributed by atoms with Gasteiger partial charge in [0.2, 0.25) is 5.91 Å². The summed E-state index contributed by atoms with van der Waals surface area (Å²) < 4.78 is 13.1. The molecular formula is C24H28FN3O2. The van der Waals surface area contributed by atoms with Gasteiger partial charge in [0.05, 0.1) is 6.04 Å². The number of amides is 2. The predicted molar refractivity (Wildman–Crippen MR) is 113 cm³/mol. The molecule has 0 unspecified atom stereocenters. The number of rotatable bonds is 4. The molecule has 2 heterocycles. The molecule has 2 aliphatic heterocycles. The van der Waals surface area contributed by atoms with Gasteiger partial charge in [-0.1, -0.05) is 30.3 Å². The Kier molecular flexibility index (Phi) is 6.13. The van der Waals surface area contributed by atoms with Crippen molar-refractivity contribution >= 4 is 11.8 Å². The lowest BCUT2D eigenvalue weighted by atomic mass is 10.1. The van der Waals surface area contributed by atoms with E-state index in [4.69, 9.17) is 0 Å². The summed E-state index contributed by atoms with van der Waals surface area (Å²) in [6.45, 7) is 6.06. The number of hydrogen-bond acceptors (Lipinski definition) is 3. The van der Waals surface area contributed by atoms with Gasteiger partial charge in [0.15, 0.2) is 0 Å². The van der Waals surface area contributed by atoms with E-state index < -0.39 is 0 Å². The van der Waals surface area contributed by atoms with E-state index in [1.165, 1.54) is 12.1 Å². The summed E-state index contributed by atoms with van der Waals surface area (Å²) in [7, 11) is 0. The zero-order valence-corrected chi connectivity index (χ0v) is 17.4. The normalized spacial score (nSPS) is 20.5. The number of benzene rings is 2. The molecule has 2 fully saturated rings. The van der Waals surface area contributed by atoms with E-state index in [-0.39, 0.29) is 23.7 Å². The van der Waals surface area contributed by atoms with E-state index in [9.17, 15) is 14.0 Å². The van der Waals surface area contributed by atoms with E-state index in [1.54, 1.807) is 12.1 Å². The predicted octanol–water partition coefficient (Wildman–Crippen LogP) is 3.08. The topological polar surface area (TPSA) is 43.9 Å². The highest BCUT2D eigenvalue weighted by Crippen LogP contribution is 2.22. The average molecular weight is 410 g/mol. The van der Waals surface area contributed by atoms with Crippen molar-refractivity contribution in [3.05, 3.63) is 71.0 Å². The average Bonchev–Trinajstić information content (AvgIpc) is 2.95. The minimum Gasteiger partial charge on any atom is -0.337 e. The molecule has 2 amide bonds. The van der Waals surface area contributed by atoms with Gasteiger partial charge < -0.3 is 9.80 Å². The van der Waals surface area contributed by atoms with Crippen LogP contribution in [-0.2, 0) is 11.3 Å². The second-order valence-electron chi connectivity index (χ2n) is 8.19. The van der Waals surface area contributed by atoms with Crippen LogP contribution in [0.1, 0.15) is 34.3 Å². The smallest absolute Gasteiger partial charge is 0.254 e. The summed E-state index contributed by atoms with van der Waals surface area (Å²) in [5.41, 5.74) is 2.69. The lowest BCUT2D eigenvalue weighted by molar-refractivity contribution is -0.132. The second kappa shape index (κ2) is 8.96. The summed E-state index contributed by atoms with van der Waals surface area (Å²) in [6.07, 6.45) is 1.66. The first-order chi connectivity index (χ1) is 14.5. The van der Waals surface area contributed by atoms with Crippen molar-refractivity contribution in [3.8, 4) is 0 Å². The second-order valence-corrected chi connectivity index (χ2v) is 8.19. The van der Waals surface area contributed by atoms with Crippen LogP contribution in [-0.4, -0.2) is 65.3 Å². The van der Waals surface area contributed by atoms with Crippen molar-refractivity contribution in [2.45, 2.75) is 32.4 Å². The summed E-state index contributed by atoms with van der Waals surface area (Å²) in [6, 6.07) is 13.9. The highest BCUT2D eigenvalue weighted by atomic mass is 19.1. The van der Waals surface area contributed by atoms with Crippen LogP contribution in [0.15, 0.2) is 48.5 Å². The maximum atomic E-state index is 13.1. The van der Waals surface area contributed by atoms with Gasteiger partial charge in [0.25, 0.3) is 5.91 Å². The molecule has 2 aromatic carbocycles. The van der Waals surface area contributed by atoms with Gasteiger partial charge in [-0.25, -0.2) is 4.39 Å². The molecule has 158 valence electrons. The molecule has 2 aromatic rings. The van der Waals surface area contributed by atoms with Crippen molar-refractivity contribution in [2.75, 3.05) is 32.7 Å². The highest BCUT2D eigenvalue weighted by molar-refractivity contribution is 5.95. The first-order valence-corrected chi connectivity index (χ1v) is 10.6. The van der Waals surface area contributed by atoms with Crippen LogP contribution in [0.5, 0.6) is 0 Å². The van der Waals surface area contributed by atoms with Gasteiger partial charge in [-0.2, -0.15) is 0 Å². The van der Waals surface area contributed by atoms with Gasteiger partial charge in [0.1, 0.15) is 5.82 Å². The molecule has 0 radical (unpaired) electrons. The number of aryl methyl sites for hydroxylation is 1.